The van der Waals surface area contributed by atoms with Gasteiger partial charge in [-0.3, -0.25) is 9.78 Å². The van der Waals surface area contributed by atoms with Crippen molar-refractivity contribution in [1.29, 1.82) is 0 Å². The van der Waals surface area contributed by atoms with Gasteiger partial charge in [0.25, 0.3) is 5.91 Å². The van der Waals surface area contributed by atoms with Crippen LogP contribution in [0.25, 0.3) is 22.2 Å². The van der Waals surface area contributed by atoms with Crippen LogP contribution in [0.15, 0.2) is 83.6 Å². The molecule has 0 saturated carbocycles. The number of carbonyl (C=O) groups excluding carboxylic acids is 2. The Morgan fingerprint density at radius 1 is 1.00 bits per heavy atom. The predicted octanol–water partition coefficient (Wildman–Crippen LogP) is 4.85. The fourth-order valence-corrected chi connectivity index (χ4v) is 3.38. The molecule has 6 nitrogen and oxygen atoms in total. The molecule has 0 aliphatic heterocycles. The number of nitrogens with zero attached hydrogens (tertiary/aromatic N) is 2. The van der Waals surface area contributed by atoms with Gasteiger partial charge >= 0.3 is 5.97 Å². The molecule has 2 aromatic carbocycles. The van der Waals surface area contributed by atoms with Crippen LogP contribution in [0.2, 0.25) is 0 Å². The Hall–Kier alpha value is -3.58. The van der Waals surface area contributed by atoms with Gasteiger partial charge in [-0.2, -0.15) is 0 Å². The number of halogens is 1. The molecule has 7 heteroatoms. The zero-order chi connectivity index (χ0) is 20.9. The van der Waals surface area contributed by atoms with E-state index in [4.69, 9.17) is 4.74 Å². The van der Waals surface area contributed by atoms with Gasteiger partial charge in [-0.25, -0.2) is 9.78 Å². The van der Waals surface area contributed by atoms with E-state index in [1.807, 2.05) is 30.3 Å². The van der Waals surface area contributed by atoms with E-state index in [-0.39, 0.29) is 0 Å². The van der Waals surface area contributed by atoms with E-state index in [0.717, 1.165) is 10.0 Å². The normalized spacial score (nSPS) is 10.6. The number of para-hydroxylation sites is 1. The maximum atomic E-state index is 12.8. The number of nitrogens with one attached hydrogen (secondary N) is 1. The molecule has 0 atom stereocenters. The van der Waals surface area contributed by atoms with Crippen molar-refractivity contribution >= 4 is 44.4 Å². The second-order valence-corrected chi connectivity index (χ2v) is 7.36. The number of anilines is 1. The number of hydrogen-bond donors (Lipinski definition) is 1. The summed E-state index contributed by atoms with van der Waals surface area (Å²) in [5.74, 6) is -1.02. The first-order valence-corrected chi connectivity index (χ1v) is 9.92. The fourth-order valence-electron chi connectivity index (χ4n) is 2.98. The number of amides is 1. The van der Waals surface area contributed by atoms with Gasteiger partial charge in [0.2, 0.25) is 0 Å². The second kappa shape index (κ2) is 8.84. The van der Waals surface area contributed by atoms with Crippen LogP contribution in [0.3, 0.4) is 0 Å². The Labute approximate surface area is 181 Å². The molecule has 0 bridgehead atoms. The minimum Gasteiger partial charge on any atom is -0.452 e. The zero-order valence-corrected chi connectivity index (χ0v) is 17.3. The Bertz CT molecular complexity index is 1230. The Morgan fingerprint density at radius 2 is 1.87 bits per heavy atom. The highest BCUT2D eigenvalue weighted by Gasteiger charge is 2.16. The first-order valence-electron chi connectivity index (χ1n) is 9.13. The molecule has 1 amide bonds. The molecule has 0 fully saturated rings. The van der Waals surface area contributed by atoms with Crippen LogP contribution in [-0.4, -0.2) is 28.5 Å². The van der Waals surface area contributed by atoms with Gasteiger partial charge in [0.15, 0.2) is 6.61 Å². The lowest BCUT2D eigenvalue weighted by Crippen LogP contribution is -2.21. The first-order chi connectivity index (χ1) is 14.6. The molecule has 2 heterocycles. The van der Waals surface area contributed by atoms with Gasteiger partial charge in [-0.15, -0.1) is 0 Å². The van der Waals surface area contributed by atoms with Gasteiger partial charge in [-0.05, 0) is 42.5 Å². The summed E-state index contributed by atoms with van der Waals surface area (Å²) in [6, 6.07) is 19.8. The lowest BCUT2D eigenvalue weighted by atomic mass is 10.1. The van der Waals surface area contributed by atoms with Gasteiger partial charge in [0.1, 0.15) is 0 Å². The first kappa shape index (κ1) is 19.7. The molecule has 148 valence electrons. The third kappa shape index (κ3) is 4.52. The third-order valence-corrected chi connectivity index (χ3v) is 4.83. The molecule has 4 rings (SSSR count). The lowest BCUT2D eigenvalue weighted by Gasteiger charge is -2.10. The molecule has 30 heavy (non-hydrogen) atoms. The summed E-state index contributed by atoms with van der Waals surface area (Å²) in [5.41, 5.74) is 3.00. The van der Waals surface area contributed by atoms with Crippen molar-refractivity contribution in [1.82, 2.24) is 9.97 Å². The SMILES string of the molecule is O=C(COC(=O)c1cc(-c2cccnc2)nc2ccccc12)Nc1cccc(Br)c1. The molecule has 0 saturated heterocycles. The summed E-state index contributed by atoms with van der Waals surface area (Å²) in [6.07, 6.45) is 3.35. The van der Waals surface area contributed by atoms with Crippen LogP contribution >= 0.6 is 15.9 Å². The highest BCUT2D eigenvalue weighted by atomic mass is 79.9. The number of benzene rings is 2. The Kier molecular flexibility index (Phi) is 5.81. The monoisotopic (exact) mass is 461 g/mol. The number of fused-ring (bicyclic) bond motifs is 1. The molecular weight excluding hydrogens is 446 g/mol. The molecule has 2 aromatic heterocycles. The minimum atomic E-state index is -0.594. The number of aromatic nitrogens is 2. The summed E-state index contributed by atoms with van der Waals surface area (Å²) < 4.78 is 6.12. The molecule has 0 aliphatic rings. The number of carbonyl (C=O) groups is 2. The number of ether oxygens (including phenoxy) is 1. The third-order valence-electron chi connectivity index (χ3n) is 4.34. The van der Waals surface area contributed by atoms with Gasteiger partial charge in [-0.1, -0.05) is 40.2 Å². The molecular formula is C23H16BrN3O3. The number of hydrogen-bond acceptors (Lipinski definition) is 5. The predicted molar refractivity (Wildman–Crippen MR) is 118 cm³/mol. The van der Waals surface area contributed by atoms with Crippen molar-refractivity contribution in [2.75, 3.05) is 11.9 Å². The van der Waals surface area contributed by atoms with Crippen LogP contribution in [0, 0.1) is 0 Å². The van der Waals surface area contributed by atoms with Crippen molar-refractivity contribution in [3.05, 3.63) is 89.2 Å². The van der Waals surface area contributed by atoms with E-state index in [2.05, 4.69) is 31.2 Å². The van der Waals surface area contributed by atoms with Crippen LogP contribution in [0.5, 0.6) is 0 Å². The van der Waals surface area contributed by atoms with Gasteiger partial charge in [0, 0.05) is 33.5 Å². The van der Waals surface area contributed by atoms with Crippen molar-refractivity contribution in [2.45, 2.75) is 0 Å². The standard InChI is InChI=1S/C23H16BrN3O3/c24-16-6-3-7-17(11-16)26-22(28)14-30-23(29)19-12-21(15-5-4-10-25-13-15)27-20-9-2-1-8-18(19)20/h1-13H,14H2,(H,26,28). The maximum Gasteiger partial charge on any atom is 0.339 e. The number of esters is 1. The zero-order valence-electron chi connectivity index (χ0n) is 15.7. The van der Waals surface area contributed by atoms with Crippen LogP contribution in [-0.2, 0) is 9.53 Å². The van der Waals surface area contributed by atoms with Crippen molar-refractivity contribution in [3.8, 4) is 11.3 Å². The smallest absolute Gasteiger partial charge is 0.339 e. The summed E-state index contributed by atoms with van der Waals surface area (Å²) in [5, 5.41) is 3.35. The van der Waals surface area contributed by atoms with Gasteiger partial charge < -0.3 is 10.1 Å². The van der Waals surface area contributed by atoms with Crippen molar-refractivity contribution < 1.29 is 14.3 Å². The highest BCUT2D eigenvalue weighted by Crippen LogP contribution is 2.25. The Morgan fingerprint density at radius 3 is 2.67 bits per heavy atom. The molecule has 0 radical (unpaired) electrons. The average Bonchev–Trinajstić information content (AvgIpc) is 2.77. The van der Waals surface area contributed by atoms with E-state index < -0.39 is 18.5 Å². The maximum absolute atomic E-state index is 12.8. The average molecular weight is 462 g/mol. The van der Waals surface area contributed by atoms with E-state index in [0.29, 0.717) is 27.8 Å². The second-order valence-electron chi connectivity index (χ2n) is 6.45. The summed E-state index contributed by atoms with van der Waals surface area (Å²) in [7, 11) is 0. The molecule has 4 aromatic rings. The minimum absolute atomic E-state index is 0.342. The molecule has 0 aliphatic carbocycles. The molecule has 1 N–H and O–H groups in total. The largest absolute Gasteiger partial charge is 0.452 e. The molecule has 0 unspecified atom stereocenters. The van der Waals surface area contributed by atoms with Crippen LogP contribution in [0.1, 0.15) is 10.4 Å². The summed E-state index contributed by atoms with van der Waals surface area (Å²) in [6.45, 7) is -0.399. The quantitative estimate of drug-likeness (QED) is 0.429. The summed E-state index contributed by atoms with van der Waals surface area (Å²) in [4.78, 5) is 33.7. The summed E-state index contributed by atoms with van der Waals surface area (Å²) >= 11 is 3.35. The van der Waals surface area contributed by atoms with Crippen LogP contribution < -0.4 is 5.32 Å². The lowest BCUT2D eigenvalue weighted by molar-refractivity contribution is -0.119. The topological polar surface area (TPSA) is 81.2 Å². The van der Waals surface area contributed by atoms with E-state index in [1.54, 1.807) is 48.8 Å². The number of rotatable bonds is 5. The van der Waals surface area contributed by atoms with Gasteiger partial charge in [0.05, 0.1) is 16.8 Å². The van der Waals surface area contributed by atoms with Crippen LogP contribution in [0.4, 0.5) is 5.69 Å². The number of pyridine rings is 2. The molecule has 0 spiro atoms. The van der Waals surface area contributed by atoms with E-state index in [9.17, 15) is 9.59 Å². The van der Waals surface area contributed by atoms with Crippen molar-refractivity contribution in [3.63, 3.8) is 0 Å². The highest BCUT2D eigenvalue weighted by molar-refractivity contribution is 9.10. The van der Waals surface area contributed by atoms with Crippen molar-refractivity contribution in [2.24, 2.45) is 0 Å². The Balaban J connectivity index is 1.56. The fraction of sp³-hybridized carbons (Fsp3) is 0.0435. The van der Waals surface area contributed by atoms with E-state index >= 15 is 0 Å². The van der Waals surface area contributed by atoms with E-state index in [1.165, 1.54) is 0 Å².